The highest BCUT2D eigenvalue weighted by Crippen LogP contribution is 2.33. The van der Waals surface area contributed by atoms with Crippen LogP contribution in [0.3, 0.4) is 0 Å². The van der Waals surface area contributed by atoms with Gasteiger partial charge in [-0.2, -0.15) is 0 Å². The molecule has 8 heteroatoms. The van der Waals surface area contributed by atoms with Crippen molar-refractivity contribution >= 4 is 33.0 Å². The fourth-order valence-electron chi connectivity index (χ4n) is 2.71. The van der Waals surface area contributed by atoms with Crippen LogP contribution >= 0.6 is 0 Å². The van der Waals surface area contributed by atoms with Crippen LogP contribution in [0, 0.1) is 5.82 Å². The summed E-state index contributed by atoms with van der Waals surface area (Å²) in [6.45, 7) is 0. The molecule has 0 bridgehead atoms. The molecule has 25 heavy (non-hydrogen) atoms. The van der Waals surface area contributed by atoms with Crippen molar-refractivity contribution in [3.63, 3.8) is 0 Å². The minimum absolute atomic E-state index is 0.0732. The Morgan fingerprint density at radius 1 is 1.24 bits per heavy atom. The number of amides is 2. The van der Waals surface area contributed by atoms with Gasteiger partial charge in [0.25, 0.3) is 0 Å². The topological polar surface area (TPSA) is 92.3 Å². The molecule has 1 aliphatic heterocycles. The number of carbonyl (C=O) groups excluding carboxylic acids is 2. The third kappa shape index (κ3) is 3.69. The fraction of sp³-hybridized carbons (Fsp3) is 0.176. The van der Waals surface area contributed by atoms with Gasteiger partial charge in [-0.05, 0) is 35.9 Å². The predicted octanol–water partition coefficient (Wildman–Crippen LogP) is 2.29. The monoisotopic (exact) mass is 362 g/mol. The van der Waals surface area contributed by atoms with Crippen LogP contribution in [0.4, 0.5) is 15.8 Å². The average molecular weight is 362 g/mol. The highest BCUT2D eigenvalue weighted by Gasteiger charge is 2.31. The second kappa shape index (κ2) is 6.29. The minimum atomic E-state index is -3.41. The van der Waals surface area contributed by atoms with Crippen LogP contribution < -0.4 is 10.6 Å². The lowest BCUT2D eigenvalue weighted by Crippen LogP contribution is -2.30. The van der Waals surface area contributed by atoms with Gasteiger partial charge in [-0.25, -0.2) is 12.8 Å². The van der Waals surface area contributed by atoms with Gasteiger partial charge in [0.05, 0.1) is 10.8 Å². The molecule has 0 radical (unpaired) electrons. The smallest absolute Gasteiger partial charge is 0.232 e. The normalized spacial score (nSPS) is 16.7. The van der Waals surface area contributed by atoms with E-state index in [9.17, 15) is 22.4 Å². The first-order valence-electron chi connectivity index (χ1n) is 7.44. The number of anilines is 2. The molecule has 130 valence electrons. The van der Waals surface area contributed by atoms with Crippen molar-refractivity contribution in [2.45, 2.75) is 17.2 Å². The fourth-order valence-corrected chi connectivity index (χ4v) is 3.37. The molecule has 0 aliphatic carbocycles. The first-order chi connectivity index (χ1) is 11.7. The Morgan fingerprint density at radius 2 is 2.00 bits per heavy atom. The summed E-state index contributed by atoms with van der Waals surface area (Å²) in [6.07, 6.45) is 1.00. The van der Waals surface area contributed by atoms with Crippen LogP contribution in [0.5, 0.6) is 0 Å². The van der Waals surface area contributed by atoms with Crippen molar-refractivity contribution in [2.24, 2.45) is 0 Å². The number of sulfone groups is 1. The van der Waals surface area contributed by atoms with Crippen LogP contribution in [-0.2, 0) is 19.4 Å². The first kappa shape index (κ1) is 17.1. The minimum Gasteiger partial charge on any atom is -0.326 e. The molecule has 0 spiro atoms. The van der Waals surface area contributed by atoms with E-state index in [4.69, 9.17) is 0 Å². The second-order valence-electron chi connectivity index (χ2n) is 5.83. The molecular formula is C17H15FN2O4S. The summed E-state index contributed by atoms with van der Waals surface area (Å²) in [6, 6.07) is 9.70. The molecule has 2 aromatic carbocycles. The number of carbonyl (C=O) groups is 2. The Morgan fingerprint density at radius 3 is 2.72 bits per heavy atom. The van der Waals surface area contributed by atoms with Crippen LogP contribution in [0.15, 0.2) is 47.4 Å². The zero-order valence-electron chi connectivity index (χ0n) is 13.2. The zero-order valence-corrected chi connectivity index (χ0v) is 14.1. The third-order valence-corrected chi connectivity index (χ3v) is 5.01. The lowest BCUT2D eigenvalue weighted by atomic mass is 9.89. The second-order valence-corrected chi connectivity index (χ2v) is 7.84. The molecule has 3 rings (SSSR count). The lowest BCUT2D eigenvalue weighted by Gasteiger charge is -2.25. The zero-order chi connectivity index (χ0) is 18.2. The predicted molar refractivity (Wildman–Crippen MR) is 90.6 cm³/mol. The van der Waals surface area contributed by atoms with Crippen molar-refractivity contribution in [1.29, 1.82) is 0 Å². The highest BCUT2D eigenvalue weighted by atomic mass is 32.2. The van der Waals surface area contributed by atoms with E-state index >= 15 is 0 Å². The van der Waals surface area contributed by atoms with Gasteiger partial charge >= 0.3 is 0 Å². The molecule has 6 nitrogen and oxygen atoms in total. The Balaban J connectivity index is 1.89. The van der Waals surface area contributed by atoms with E-state index in [1.165, 1.54) is 30.3 Å². The van der Waals surface area contributed by atoms with E-state index in [0.717, 1.165) is 12.3 Å². The van der Waals surface area contributed by atoms with Crippen LogP contribution in [0.25, 0.3) is 0 Å². The summed E-state index contributed by atoms with van der Waals surface area (Å²) < 4.78 is 36.6. The number of hydrogen-bond donors (Lipinski definition) is 2. The molecule has 1 heterocycles. The van der Waals surface area contributed by atoms with E-state index in [0.29, 0.717) is 11.3 Å². The van der Waals surface area contributed by atoms with E-state index in [-0.39, 0.29) is 22.9 Å². The number of rotatable bonds is 3. The van der Waals surface area contributed by atoms with Gasteiger partial charge in [-0.15, -0.1) is 0 Å². The summed E-state index contributed by atoms with van der Waals surface area (Å²) >= 11 is 0. The first-order valence-corrected chi connectivity index (χ1v) is 9.33. The summed E-state index contributed by atoms with van der Waals surface area (Å²) in [5.74, 6) is -2.15. The van der Waals surface area contributed by atoms with E-state index in [1.807, 2.05) is 0 Å². The molecule has 2 aromatic rings. The molecule has 0 unspecified atom stereocenters. The van der Waals surface area contributed by atoms with Gasteiger partial charge in [0, 0.05) is 24.1 Å². The summed E-state index contributed by atoms with van der Waals surface area (Å²) in [4.78, 5) is 24.5. The number of fused-ring (bicyclic) bond motifs is 1. The molecule has 0 fully saturated rings. The standard InChI is InChI=1S/C17H15FN2O4S/c1-25(23,24)12-4-2-3-11(8-12)19-17(22)14-9-16(21)20-15-7-10(18)5-6-13(14)15/h2-8,14H,9H2,1H3,(H,19,22)(H,20,21)/t14-/m0/s1. The molecule has 1 aliphatic rings. The van der Waals surface area contributed by atoms with Crippen LogP contribution in [0.2, 0.25) is 0 Å². The van der Waals surface area contributed by atoms with Crippen LogP contribution in [0.1, 0.15) is 17.9 Å². The number of benzene rings is 2. The lowest BCUT2D eigenvalue weighted by molar-refractivity contribution is -0.123. The van der Waals surface area contributed by atoms with Crippen molar-refractivity contribution in [3.8, 4) is 0 Å². The maximum atomic E-state index is 13.3. The highest BCUT2D eigenvalue weighted by molar-refractivity contribution is 7.90. The van der Waals surface area contributed by atoms with E-state index in [1.54, 1.807) is 6.07 Å². The molecular weight excluding hydrogens is 347 g/mol. The average Bonchev–Trinajstić information content (AvgIpc) is 2.53. The van der Waals surface area contributed by atoms with Gasteiger partial charge in [-0.3, -0.25) is 9.59 Å². The molecule has 1 atom stereocenters. The SMILES string of the molecule is CS(=O)(=O)c1cccc(NC(=O)[C@H]2CC(=O)Nc3cc(F)ccc32)c1. The van der Waals surface area contributed by atoms with Gasteiger partial charge in [-0.1, -0.05) is 12.1 Å². The van der Waals surface area contributed by atoms with Crippen LogP contribution in [-0.4, -0.2) is 26.5 Å². The molecule has 2 amide bonds. The molecule has 0 saturated heterocycles. The Kier molecular flexibility index (Phi) is 4.30. The van der Waals surface area contributed by atoms with Gasteiger partial charge in [0.1, 0.15) is 5.82 Å². The van der Waals surface area contributed by atoms with Crippen molar-refractivity contribution in [2.75, 3.05) is 16.9 Å². The molecule has 0 saturated carbocycles. The van der Waals surface area contributed by atoms with Crippen molar-refractivity contribution in [3.05, 3.63) is 53.8 Å². The van der Waals surface area contributed by atoms with Gasteiger partial charge in [0.15, 0.2) is 9.84 Å². The molecule has 2 N–H and O–H groups in total. The number of hydrogen-bond acceptors (Lipinski definition) is 4. The maximum absolute atomic E-state index is 13.3. The van der Waals surface area contributed by atoms with Crippen molar-refractivity contribution < 1.29 is 22.4 Å². The maximum Gasteiger partial charge on any atom is 0.232 e. The van der Waals surface area contributed by atoms with E-state index < -0.39 is 27.5 Å². The summed E-state index contributed by atoms with van der Waals surface area (Å²) in [5.41, 5.74) is 1.08. The quantitative estimate of drug-likeness (QED) is 0.876. The Labute approximate surface area is 144 Å². The Hall–Kier alpha value is -2.74. The van der Waals surface area contributed by atoms with Crippen molar-refractivity contribution in [1.82, 2.24) is 0 Å². The van der Waals surface area contributed by atoms with E-state index in [2.05, 4.69) is 10.6 Å². The third-order valence-electron chi connectivity index (χ3n) is 3.90. The largest absolute Gasteiger partial charge is 0.326 e. The summed E-state index contributed by atoms with van der Waals surface area (Å²) in [7, 11) is -3.41. The molecule has 0 aromatic heterocycles. The van der Waals surface area contributed by atoms with Gasteiger partial charge < -0.3 is 10.6 Å². The van der Waals surface area contributed by atoms with Gasteiger partial charge in [0.2, 0.25) is 11.8 Å². The number of halogens is 1. The Bertz CT molecular complexity index is 972. The number of nitrogens with one attached hydrogen (secondary N) is 2. The summed E-state index contributed by atoms with van der Waals surface area (Å²) in [5, 5.41) is 5.16.